The molecule has 0 aliphatic carbocycles. The Morgan fingerprint density at radius 1 is 1.44 bits per heavy atom. The lowest BCUT2D eigenvalue weighted by Gasteiger charge is -2.15. The van der Waals surface area contributed by atoms with E-state index in [0.717, 1.165) is 12.0 Å². The van der Waals surface area contributed by atoms with Gasteiger partial charge in [-0.15, -0.1) is 0 Å². The van der Waals surface area contributed by atoms with Gasteiger partial charge in [-0.2, -0.15) is 0 Å². The van der Waals surface area contributed by atoms with Crippen LogP contribution in [0.25, 0.3) is 0 Å². The summed E-state index contributed by atoms with van der Waals surface area (Å²) in [4.78, 5) is 11.2. The summed E-state index contributed by atoms with van der Waals surface area (Å²) in [6.07, 6.45) is 3.42. The van der Waals surface area contributed by atoms with Crippen LogP contribution in [0.5, 0.6) is 0 Å². The second-order valence-corrected chi connectivity index (χ2v) is 4.22. The van der Waals surface area contributed by atoms with Crippen LogP contribution in [0.3, 0.4) is 0 Å². The van der Waals surface area contributed by atoms with Crippen LogP contribution < -0.4 is 11.5 Å². The molecule has 16 heavy (non-hydrogen) atoms. The van der Waals surface area contributed by atoms with E-state index >= 15 is 0 Å². The van der Waals surface area contributed by atoms with Crippen molar-refractivity contribution in [1.82, 2.24) is 0 Å². The Labute approximate surface area is 96.8 Å². The van der Waals surface area contributed by atoms with Gasteiger partial charge in [0.25, 0.3) is 5.91 Å². The first-order valence-electron chi connectivity index (χ1n) is 5.76. The summed E-state index contributed by atoms with van der Waals surface area (Å²) in [7, 11) is 0. The topological polar surface area (TPSA) is 69.1 Å². The largest absolute Gasteiger partial charge is 0.398 e. The predicted molar refractivity (Wildman–Crippen MR) is 67.3 cm³/mol. The molecular weight excluding hydrogens is 200 g/mol. The average molecular weight is 220 g/mol. The molecule has 0 spiro atoms. The molecule has 0 saturated heterocycles. The van der Waals surface area contributed by atoms with Gasteiger partial charge < -0.3 is 11.5 Å². The monoisotopic (exact) mass is 220 g/mol. The molecule has 1 unspecified atom stereocenters. The van der Waals surface area contributed by atoms with Crippen LogP contribution in [-0.4, -0.2) is 5.91 Å². The third-order valence-electron chi connectivity index (χ3n) is 2.93. The van der Waals surface area contributed by atoms with Crippen molar-refractivity contribution < 1.29 is 4.79 Å². The van der Waals surface area contributed by atoms with Crippen molar-refractivity contribution in [2.24, 2.45) is 5.73 Å². The van der Waals surface area contributed by atoms with Crippen LogP contribution in [0.4, 0.5) is 5.69 Å². The van der Waals surface area contributed by atoms with Gasteiger partial charge in [0.2, 0.25) is 0 Å². The maximum Gasteiger partial charge on any atom is 0.250 e. The molecule has 0 saturated carbocycles. The highest BCUT2D eigenvalue weighted by Crippen LogP contribution is 2.28. The van der Waals surface area contributed by atoms with Crippen molar-refractivity contribution in [3.05, 3.63) is 29.3 Å². The van der Waals surface area contributed by atoms with Crippen LogP contribution in [0.1, 0.15) is 54.9 Å². The average Bonchev–Trinajstić information content (AvgIpc) is 2.25. The van der Waals surface area contributed by atoms with E-state index in [-0.39, 0.29) is 0 Å². The van der Waals surface area contributed by atoms with Gasteiger partial charge in [-0.1, -0.05) is 38.8 Å². The number of benzene rings is 1. The zero-order valence-electron chi connectivity index (χ0n) is 9.99. The fourth-order valence-corrected chi connectivity index (χ4v) is 1.89. The maximum absolute atomic E-state index is 11.2. The Morgan fingerprint density at radius 2 is 2.12 bits per heavy atom. The Balaban J connectivity index is 2.96. The number of carbonyl (C=O) groups excluding carboxylic acids is 1. The number of amides is 1. The van der Waals surface area contributed by atoms with Gasteiger partial charge >= 0.3 is 0 Å². The number of primary amides is 1. The highest BCUT2D eigenvalue weighted by atomic mass is 16.1. The summed E-state index contributed by atoms with van der Waals surface area (Å²) >= 11 is 0. The molecule has 0 heterocycles. The lowest BCUT2D eigenvalue weighted by atomic mass is 9.92. The van der Waals surface area contributed by atoms with Gasteiger partial charge in [0.15, 0.2) is 0 Å². The number of para-hydroxylation sites is 1. The minimum absolute atomic E-state index is 0.374. The van der Waals surface area contributed by atoms with Crippen molar-refractivity contribution in [2.45, 2.75) is 39.0 Å². The fourth-order valence-electron chi connectivity index (χ4n) is 1.89. The normalized spacial score (nSPS) is 12.4. The lowest BCUT2D eigenvalue weighted by Crippen LogP contribution is -2.15. The summed E-state index contributed by atoms with van der Waals surface area (Å²) in [5.74, 6) is -0.0821. The van der Waals surface area contributed by atoms with Gasteiger partial charge in [-0.05, 0) is 24.0 Å². The molecule has 1 atom stereocenters. The maximum atomic E-state index is 11.2. The van der Waals surface area contributed by atoms with Crippen LogP contribution in [0.2, 0.25) is 0 Å². The molecule has 0 bridgehead atoms. The minimum atomic E-state index is -0.456. The second-order valence-electron chi connectivity index (χ2n) is 4.22. The SMILES string of the molecule is CCCCC(C)c1cccc(C(N)=O)c1N. The smallest absolute Gasteiger partial charge is 0.250 e. The number of hydrogen-bond donors (Lipinski definition) is 2. The minimum Gasteiger partial charge on any atom is -0.398 e. The summed E-state index contributed by atoms with van der Waals surface area (Å²) in [5.41, 5.74) is 13.2. The van der Waals surface area contributed by atoms with Gasteiger partial charge in [-0.25, -0.2) is 0 Å². The second kappa shape index (κ2) is 5.54. The third-order valence-corrected chi connectivity index (χ3v) is 2.93. The van der Waals surface area contributed by atoms with Crippen molar-refractivity contribution in [1.29, 1.82) is 0 Å². The van der Waals surface area contributed by atoms with Crippen LogP contribution in [-0.2, 0) is 0 Å². The molecule has 1 aromatic rings. The Morgan fingerprint density at radius 3 is 2.69 bits per heavy atom. The summed E-state index contributed by atoms with van der Waals surface area (Å²) < 4.78 is 0. The Kier molecular flexibility index (Phi) is 4.35. The molecule has 1 amide bonds. The molecule has 88 valence electrons. The van der Waals surface area contributed by atoms with Gasteiger partial charge in [0, 0.05) is 5.69 Å². The highest BCUT2D eigenvalue weighted by molar-refractivity contribution is 5.98. The zero-order chi connectivity index (χ0) is 12.1. The molecule has 0 aliphatic rings. The van der Waals surface area contributed by atoms with E-state index in [1.54, 1.807) is 6.07 Å². The van der Waals surface area contributed by atoms with E-state index in [1.807, 2.05) is 12.1 Å². The molecule has 3 nitrogen and oxygen atoms in total. The first kappa shape index (κ1) is 12.6. The molecule has 4 N–H and O–H groups in total. The van der Waals surface area contributed by atoms with Gasteiger partial charge in [0.1, 0.15) is 0 Å². The fraction of sp³-hybridized carbons (Fsp3) is 0.462. The quantitative estimate of drug-likeness (QED) is 0.749. The van der Waals surface area contributed by atoms with Crippen molar-refractivity contribution in [3.63, 3.8) is 0 Å². The standard InChI is InChI=1S/C13H20N2O/c1-3-4-6-9(2)10-7-5-8-11(12(10)14)13(15)16/h5,7-9H,3-4,6,14H2,1-2H3,(H2,15,16). The predicted octanol–water partition coefficient (Wildman–Crippen LogP) is 2.66. The van der Waals surface area contributed by atoms with Gasteiger partial charge in [0.05, 0.1) is 5.56 Å². The number of nitrogen functional groups attached to an aromatic ring is 1. The summed E-state index contributed by atoms with van der Waals surface area (Å²) in [6, 6.07) is 5.49. The number of nitrogens with two attached hydrogens (primary N) is 2. The van der Waals surface area contributed by atoms with Crippen molar-refractivity contribution in [2.75, 3.05) is 5.73 Å². The van der Waals surface area contributed by atoms with Crippen LogP contribution >= 0.6 is 0 Å². The number of anilines is 1. The molecule has 1 aromatic carbocycles. The van der Waals surface area contributed by atoms with Gasteiger partial charge in [-0.3, -0.25) is 4.79 Å². The first-order chi connectivity index (χ1) is 7.57. The summed E-state index contributed by atoms with van der Waals surface area (Å²) in [6.45, 7) is 4.29. The van der Waals surface area contributed by atoms with Crippen molar-refractivity contribution in [3.8, 4) is 0 Å². The molecule has 1 rings (SSSR count). The molecule has 0 fully saturated rings. The van der Waals surface area contributed by atoms with Crippen LogP contribution in [0, 0.1) is 0 Å². The van der Waals surface area contributed by atoms with Crippen LogP contribution in [0.15, 0.2) is 18.2 Å². The zero-order valence-corrected chi connectivity index (χ0v) is 9.99. The Hall–Kier alpha value is -1.51. The molecule has 0 aliphatic heterocycles. The van der Waals surface area contributed by atoms with E-state index in [1.165, 1.54) is 12.8 Å². The van der Waals surface area contributed by atoms with E-state index in [4.69, 9.17) is 11.5 Å². The highest BCUT2D eigenvalue weighted by Gasteiger charge is 2.13. The number of hydrogen-bond acceptors (Lipinski definition) is 2. The van der Waals surface area contributed by atoms with Crippen molar-refractivity contribution >= 4 is 11.6 Å². The number of unbranched alkanes of at least 4 members (excludes halogenated alkanes) is 1. The first-order valence-corrected chi connectivity index (χ1v) is 5.76. The third kappa shape index (κ3) is 2.75. The lowest BCUT2D eigenvalue weighted by molar-refractivity contribution is 0.100. The molecule has 3 heteroatoms. The number of carbonyl (C=O) groups is 1. The van der Waals surface area contributed by atoms with E-state index in [0.29, 0.717) is 17.2 Å². The van der Waals surface area contributed by atoms with E-state index < -0.39 is 5.91 Å². The molecular formula is C13H20N2O. The number of rotatable bonds is 5. The Bertz CT molecular complexity index is 374. The molecule has 0 aromatic heterocycles. The van der Waals surface area contributed by atoms with E-state index in [9.17, 15) is 4.79 Å². The van der Waals surface area contributed by atoms with E-state index in [2.05, 4.69) is 13.8 Å². The summed E-state index contributed by atoms with van der Waals surface area (Å²) in [5, 5.41) is 0. The molecule has 0 radical (unpaired) electrons.